The summed E-state index contributed by atoms with van der Waals surface area (Å²) >= 11 is 3.40. The van der Waals surface area contributed by atoms with E-state index in [0.29, 0.717) is 11.3 Å². The Morgan fingerprint density at radius 1 is 1.22 bits per heavy atom. The Morgan fingerprint density at radius 3 is 2.67 bits per heavy atom. The predicted molar refractivity (Wildman–Crippen MR) is 74.9 cm³/mol. The van der Waals surface area contributed by atoms with Gasteiger partial charge in [-0.2, -0.15) is 0 Å². The van der Waals surface area contributed by atoms with Gasteiger partial charge < -0.3 is 10.4 Å². The third-order valence-electron chi connectivity index (χ3n) is 2.48. The summed E-state index contributed by atoms with van der Waals surface area (Å²) in [5.41, 5.74) is 2.23. The minimum absolute atomic E-state index is 0.0746. The van der Waals surface area contributed by atoms with Crippen LogP contribution in [-0.2, 0) is 0 Å². The van der Waals surface area contributed by atoms with E-state index >= 15 is 0 Å². The standard InChI is InChI=1S/C14H12BrNO2/c1-9-5-6-13(12(15)7-9)16-14(18)10-3-2-4-11(17)8-10/h2-8,17H,1H3,(H,16,18). The number of carbonyl (C=O) groups excluding carboxylic acids is 1. The number of phenolic OH excluding ortho intramolecular Hbond substituents is 1. The van der Waals surface area contributed by atoms with Gasteiger partial charge in [-0.3, -0.25) is 4.79 Å². The number of amides is 1. The normalized spacial score (nSPS) is 10.1. The number of nitrogens with one attached hydrogen (secondary N) is 1. The number of carbonyl (C=O) groups is 1. The van der Waals surface area contributed by atoms with Crippen molar-refractivity contribution < 1.29 is 9.90 Å². The molecule has 0 aromatic heterocycles. The lowest BCUT2D eigenvalue weighted by Gasteiger charge is -2.08. The van der Waals surface area contributed by atoms with Crippen LogP contribution >= 0.6 is 15.9 Å². The summed E-state index contributed by atoms with van der Waals surface area (Å²) in [6.07, 6.45) is 0. The van der Waals surface area contributed by atoms with E-state index < -0.39 is 0 Å². The lowest BCUT2D eigenvalue weighted by Crippen LogP contribution is -2.12. The topological polar surface area (TPSA) is 49.3 Å². The van der Waals surface area contributed by atoms with Crippen molar-refractivity contribution in [2.75, 3.05) is 5.32 Å². The number of aryl methyl sites for hydroxylation is 1. The zero-order valence-corrected chi connectivity index (χ0v) is 11.4. The fraction of sp³-hybridized carbons (Fsp3) is 0.0714. The van der Waals surface area contributed by atoms with Gasteiger partial charge in [0, 0.05) is 10.0 Å². The van der Waals surface area contributed by atoms with Crippen molar-refractivity contribution in [2.45, 2.75) is 6.92 Å². The highest BCUT2D eigenvalue weighted by Crippen LogP contribution is 2.24. The van der Waals surface area contributed by atoms with Gasteiger partial charge in [0.05, 0.1) is 5.69 Å². The van der Waals surface area contributed by atoms with Crippen LogP contribution < -0.4 is 5.32 Å². The minimum Gasteiger partial charge on any atom is -0.508 e. The van der Waals surface area contributed by atoms with E-state index in [1.807, 2.05) is 25.1 Å². The number of benzene rings is 2. The summed E-state index contributed by atoms with van der Waals surface area (Å²) in [6, 6.07) is 11.9. The van der Waals surface area contributed by atoms with Crippen LogP contribution in [-0.4, -0.2) is 11.0 Å². The second-order valence-corrected chi connectivity index (χ2v) is 4.84. The molecule has 1 amide bonds. The van der Waals surface area contributed by atoms with Gasteiger partial charge in [-0.15, -0.1) is 0 Å². The van der Waals surface area contributed by atoms with E-state index in [4.69, 9.17) is 0 Å². The Kier molecular flexibility index (Phi) is 3.67. The molecule has 3 nitrogen and oxygen atoms in total. The maximum Gasteiger partial charge on any atom is 0.255 e. The van der Waals surface area contributed by atoms with Crippen LogP contribution in [0.25, 0.3) is 0 Å². The number of halogens is 1. The van der Waals surface area contributed by atoms with Crippen molar-refractivity contribution in [1.29, 1.82) is 0 Å². The lowest BCUT2D eigenvalue weighted by molar-refractivity contribution is 0.102. The van der Waals surface area contributed by atoms with Gasteiger partial charge in [-0.05, 0) is 58.7 Å². The maximum absolute atomic E-state index is 12.0. The van der Waals surface area contributed by atoms with Gasteiger partial charge in [-0.1, -0.05) is 12.1 Å². The van der Waals surface area contributed by atoms with Crippen molar-refractivity contribution in [3.8, 4) is 5.75 Å². The second-order valence-electron chi connectivity index (χ2n) is 3.99. The Hall–Kier alpha value is -1.81. The largest absolute Gasteiger partial charge is 0.508 e. The third-order valence-corrected chi connectivity index (χ3v) is 3.14. The average Bonchev–Trinajstić information content (AvgIpc) is 2.32. The van der Waals surface area contributed by atoms with Gasteiger partial charge in [0.15, 0.2) is 0 Å². The summed E-state index contributed by atoms with van der Waals surface area (Å²) in [4.78, 5) is 12.0. The van der Waals surface area contributed by atoms with E-state index in [1.54, 1.807) is 12.1 Å². The molecule has 4 heteroatoms. The molecule has 0 unspecified atom stereocenters. The lowest BCUT2D eigenvalue weighted by atomic mass is 10.2. The molecule has 0 atom stereocenters. The molecule has 0 spiro atoms. The number of phenols is 1. The van der Waals surface area contributed by atoms with E-state index in [1.165, 1.54) is 12.1 Å². The molecule has 2 rings (SSSR count). The number of rotatable bonds is 2. The first-order valence-corrected chi connectivity index (χ1v) is 6.22. The zero-order valence-electron chi connectivity index (χ0n) is 9.77. The van der Waals surface area contributed by atoms with E-state index in [9.17, 15) is 9.90 Å². The summed E-state index contributed by atoms with van der Waals surface area (Å²) in [5.74, 6) is -0.180. The smallest absolute Gasteiger partial charge is 0.255 e. The van der Waals surface area contributed by atoms with Gasteiger partial charge in [0.1, 0.15) is 5.75 Å². The third kappa shape index (κ3) is 2.90. The van der Waals surface area contributed by atoms with Crippen LogP contribution in [0.4, 0.5) is 5.69 Å². The van der Waals surface area contributed by atoms with Crippen LogP contribution in [0.5, 0.6) is 5.75 Å². The predicted octanol–water partition coefficient (Wildman–Crippen LogP) is 3.72. The van der Waals surface area contributed by atoms with Gasteiger partial charge in [-0.25, -0.2) is 0 Å². The van der Waals surface area contributed by atoms with Crippen LogP contribution in [0.3, 0.4) is 0 Å². The van der Waals surface area contributed by atoms with Crippen molar-refractivity contribution in [2.24, 2.45) is 0 Å². The molecule has 2 aromatic rings. The summed E-state index contributed by atoms with van der Waals surface area (Å²) in [7, 11) is 0. The number of hydrogen-bond acceptors (Lipinski definition) is 2. The Labute approximate surface area is 114 Å². The average molecular weight is 306 g/mol. The number of anilines is 1. The highest BCUT2D eigenvalue weighted by atomic mass is 79.9. The first kappa shape index (κ1) is 12.6. The Balaban J connectivity index is 2.21. The molecular formula is C14H12BrNO2. The summed E-state index contributed by atoms with van der Waals surface area (Å²) < 4.78 is 0.830. The highest BCUT2D eigenvalue weighted by molar-refractivity contribution is 9.10. The zero-order chi connectivity index (χ0) is 13.1. The van der Waals surface area contributed by atoms with Crippen LogP contribution in [0, 0.1) is 6.92 Å². The van der Waals surface area contributed by atoms with E-state index in [0.717, 1.165) is 10.0 Å². The molecule has 0 aliphatic rings. The summed E-state index contributed by atoms with van der Waals surface area (Å²) in [5, 5.41) is 12.1. The SMILES string of the molecule is Cc1ccc(NC(=O)c2cccc(O)c2)c(Br)c1. The number of hydrogen-bond donors (Lipinski definition) is 2. The molecule has 2 N–H and O–H groups in total. The second kappa shape index (κ2) is 5.23. The Bertz CT molecular complexity index is 596. The van der Waals surface area contributed by atoms with E-state index in [2.05, 4.69) is 21.2 Å². The fourth-order valence-electron chi connectivity index (χ4n) is 1.56. The first-order chi connectivity index (χ1) is 8.56. The van der Waals surface area contributed by atoms with Gasteiger partial charge in [0.2, 0.25) is 0 Å². The molecule has 0 saturated carbocycles. The molecule has 0 saturated heterocycles. The maximum atomic E-state index is 12.0. The van der Waals surface area contributed by atoms with Gasteiger partial charge >= 0.3 is 0 Å². The molecule has 92 valence electrons. The van der Waals surface area contributed by atoms with Crippen molar-refractivity contribution in [3.63, 3.8) is 0 Å². The van der Waals surface area contributed by atoms with Crippen molar-refractivity contribution in [3.05, 3.63) is 58.1 Å². The Morgan fingerprint density at radius 2 is 2.00 bits per heavy atom. The molecule has 0 aliphatic carbocycles. The molecule has 0 fully saturated rings. The molecule has 0 radical (unpaired) electrons. The molecule has 2 aromatic carbocycles. The van der Waals surface area contributed by atoms with Crippen molar-refractivity contribution in [1.82, 2.24) is 0 Å². The first-order valence-electron chi connectivity index (χ1n) is 5.43. The molecule has 18 heavy (non-hydrogen) atoms. The number of aromatic hydroxyl groups is 1. The summed E-state index contributed by atoms with van der Waals surface area (Å²) in [6.45, 7) is 1.98. The van der Waals surface area contributed by atoms with Crippen molar-refractivity contribution >= 4 is 27.5 Å². The van der Waals surface area contributed by atoms with Gasteiger partial charge in [0.25, 0.3) is 5.91 Å². The van der Waals surface area contributed by atoms with E-state index in [-0.39, 0.29) is 11.7 Å². The van der Waals surface area contributed by atoms with Crippen LogP contribution in [0.2, 0.25) is 0 Å². The molecule has 0 heterocycles. The highest BCUT2D eigenvalue weighted by Gasteiger charge is 2.08. The molecule has 0 aliphatic heterocycles. The molecule has 0 bridgehead atoms. The quantitative estimate of drug-likeness (QED) is 0.888. The van der Waals surface area contributed by atoms with Crippen LogP contribution in [0.15, 0.2) is 46.9 Å². The minimum atomic E-state index is -0.254. The molecular weight excluding hydrogens is 294 g/mol. The fourth-order valence-corrected chi connectivity index (χ4v) is 2.16. The monoisotopic (exact) mass is 305 g/mol. The van der Waals surface area contributed by atoms with Crippen LogP contribution in [0.1, 0.15) is 15.9 Å².